The van der Waals surface area contributed by atoms with Crippen LogP contribution in [-0.2, 0) is 9.53 Å². The minimum atomic E-state index is -0.383. The van der Waals surface area contributed by atoms with Crippen LogP contribution in [0.5, 0.6) is 0 Å². The van der Waals surface area contributed by atoms with Gasteiger partial charge in [-0.2, -0.15) is 0 Å². The molecule has 2 N–H and O–H groups in total. The van der Waals surface area contributed by atoms with Gasteiger partial charge < -0.3 is 10.6 Å². The van der Waals surface area contributed by atoms with Crippen molar-refractivity contribution in [2.24, 2.45) is 5.92 Å². The quantitative estimate of drug-likeness (QED) is 0.484. The Balaban J connectivity index is 2.29. The van der Waals surface area contributed by atoms with E-state index in [0.717, 1.165) is 10.0 Å². The molecule has 0 aliphatic heterocycles. The molecule has 1 heterocycles. The van der Waals surface area contributed by atoms with Gasteiger partial charge in [-0.15, -0.1) is 10.2 Å². The molecule has 22 heavy (non-hydrogen) atoms. The fourth-order valence-electron chi connectivity index (χ4n) is 1.87. The van der Waals surface area contributed by atoms with Crippen LogP contribution in [0.3, 0.4) is 0 Å². The van der Waals surface area contributed by atoms with Crippen LogP contribution in [-0.4, -0.2) is 33.2 Å². The van der Waals surface area contributed by atoms with Gasteiger partial charge >= 0.3 is 5.97 Å². The van der Waals surface area contributed by atoms with Crippen LogP contribution >= 0.6 is 27.7 Å². The first-order valence-electron chi connectivity index (χ1n) is 6.65. The molecular weight excluding hydrogens is 368 g/mol. The Bertz CT molecular complexity index is 675. The number of carbonyl (C=O) groups is 1. The van der Waals surface area contributed by atoms with Gasteiger partial charge in [-0.1, -0.05) is 53.7 Å². The van der Waals surface area contributed by atoms with Crippen molar-refractivity contribution in [1.82, 2.24) is 14.9 Å². The van der Waals surface area contributed by atoms with E-state index in [4.69, 9.17) is 10.6 Å². The Morgan fingerprint density at radius 2 is 2.14 bits per heavy atom. The van der Waals surface area contributed by atoms with Crippen LogP contribution in [0.15, 0.2) is 33.9 Å². The summed E-state index contributed by atoms with van der Waals surface area (Å²) in [6.07, 6.45) is 0. The summed E-state index contributed by atoms with van der Waals surface area (Å²) in [6, 6.07) is 7.61. The number of benzene rings is 1. The SMILES string of the molecule is COC(=O)[C@H](Sc1nnc(-c2cccc(Br)c2)n1N)C(C)C. The number of nitrogens with zero attached hydrogens (tertiary/aromatic N) is 3. The molecule has 0 bridgehead atoms. The number of methoxy groups -OCH3 is 1. The van der Waals surface area contributed by atoms with E-state index in [-0.39, 0.29) is 17.1 Å². The average molecular weight is 385 g/mol. The second kappa shape index (κ2) is 7.15. The molecule has 0 radical (unpaired) electrons. The topological polar surface area (TPSA) is 83.0 Å². The van der Waals surface area contributed by atoms with Crippen molar-refractivity contribution in [2.45, 2.75) is 24.3 Å². The zero-order chi connectivity index (χ0) is 16.3. The predicted molar refractivity (Wildman–Crippen MR) is 89.8 cm³/mol. The van der Waals surface area contributed by atoms with Gasteiger partial charge in [-0.05, 0) is 18.1 Å². The van der Waals surface area contributed by atoms with Gasteiger partial charge in [-0.3, -0.25) is 4.79 Å². The summed E-state index contributed by atoms with van der Waals surface area (Å²) in [5.41, 5.74) is 0.843. The van der Waals surface area contributed by atoms with Crippen LogP contribution in [0.2, 0.25) is 0 Å². The van der Waals surface area contributed by atoms with Crippen molar-refractivity contribution < 1.29 is 9.53 Å². The van der Waals surface area contributed by atoms with E-state index in [1.54, 1.807) is 0 Å². The van der Waals surface area contributed by atoms with Crippen molar-refractivity contribution >= 4 is 33.7 Å². The van der Waals surface area contributed by atoms with Gasteiger partial charge in [0.05, 0.1) is 7.11 Å². The van der Waals surface area contributed by atoms with Gasteiger partial charge in [0, 0.05) is 10.0 Å². The number of nitrogens with two attached hydrogens (primary N) is 1. The van der Waals surface area contributed by atoms with Crippen molar-refractivity contribution in [3.05, 3.63) is 28.7 Å². The first kappa shape index (κ1) is 16.8. The van der Waals surface area contributed by atoms with Crippen molar-refractivity contribution in [2.75, 3.05) is 13.0 Å². The van der Waals surface area contributed by atoms with Gasteiger partial charge in [0.2, 0.25) is 5.16 Å². The lowest BCUT2D eigenvalue weighted by Gasteiger charge is -2.16. The van der Waals surface area contributed by atoms with Gasteiger partial charge in [0.25, 0.3) is 0 Å². The Hall–Kier alpha value is -1.54. The average Bonchev–Trinajstić information content (AvgIpc) is 2.84. The summed E-state index contributed by atoms with van der Waals surface area (Å²) >= 11 is 4.67. The smallest absolute Gasteiger partial charge is 0.319 e. The Kier molecular flexibility index (Phi) is 5.47. The number of esters is 1. The molecule has 1 aromatic carbocycles. The first-order chi connectivity index (χ1) is 10.4. The van der Waals surface area contributed by atoms with E-state index in [2.05, 4.69) is 26.1 Å². The molecule has 2 aromatic rings. The number of rotatable bonds is 5. The summed E-state index contributed by atoms with van der Waals surface area (Å²) < 4.78 is 7.15. The maximum Gasteiger partial charge on any atom is 0.319 e. The molecule has 1 aromatic heterocycles. The van der Waals surface area contributed by atoms with E-state index >= 15 is 0 Å². The molecule has 0 unspecified atom stereocenters. The second-order valence-electron chi connectivity index (χ2n) is 4.99. The Morgan fingerprint density at radius 1 is 1.41 bits per heavy atom. The zero-order valence-corrected chi connectivity index (χ0v) is 14.9. The summed E-state index contributed by atoms with van der Waals surface area (Å²) in [4.78, 5) is 11.8. The molecule has 1 atom stereocenters. The van der Waals surface area contributed by atoms with Crippen LogP contribution in [0.25, 0.3) is 11.4 Å². The fraction of sp³-hybridized carbons (Fsp3) is 0.357. The van der Waals surface area contributed by atoms with Crippen LogP contribution < -0.4 is 5.84 Å². The molecule has 0 saturated carbocycles. The molecule has 8 heteroatoms. The monoisotopic (exact) mass is 384 g/mol. The molecule has 0 saturated heterocycles. The Labute approximate surface area is 141 Å². The highest BCUT2D eigenvalue weighted by Gasteiger charge is 2.27. The highest BCUT2D eigenvalue weighted by atomic mass is 79.9. The largest absolute Gasteiger partial charge is 0.468 e. The molecule has 118 valence electrons. The number of hydrogen-bond donors (Lipinski definition) is 1. The van der Waals surface area contributed by atoms with Crippen LogP contribution in [0.4, 0.5) is 0 Å². The van der Waals surface area contributed by atoms with Crippen LogP contribution in [0, 0.1) is 5.92 Å². The number of ether oxygens (including phenoxy) is 1. The molecule has 0 spiro atoms. The molecule has 2 rings (SSSR count). The fourth-order valence-corrected chi connectivity index (χ4v) is 3.25. The van der Waals surface area contributed by atoms with E-state index < -0.39 is 0 Å². The lowest BCUT2D eigenvalue weighted by Crippen LogP contribution is -2.25. The molecule has 0 fully saturated rings. The van der Waals surface area contributed by atoms with Crippen molar-refractivity contribution in [3.63, 3.8) is 0 Å². The maximum atomic E-state index is 11.8. The minimum absolute atomic E-state index is 0.0865. The summed E-state index contributed by atoms with van der Waals surface area (Å²) in [5.74, 6) is 6.40. The van der Waals surface area contributed by atoms with Crippen LogP contribution in [0.1, 0.15) is 13.8 Å². The second-order valence-corrected chi connectivity index (χ2v) is 7.02. The van der Waals surface area contributed by atoms with Crippen molar-refractivity contribution in [1.29, 1.82) is 0 Å². The minimum Gasteiger partial charge on any atom is -0.468 e. The highest BCUT2D eigenvalue weighted by Crippen LogP contribution is 2.29. The molecule has 0 aliphatic rings. The normalized spacial score (nSPS) is 12.4. The summed E-state index contributed by atoms with van der Waals surface area (Å²) in [5, 5.41) is 8.30. The standard InChI is InChI=1S/C14H17BrN4O2S/c1-8(2)11(13(20)21-3)22-14-18-17-12(19(14)16)9-5-4-6-10(15)7-9/h4-8,11H,16H2,1-3H3/t11-/m1/s1. The highest BCUT2D eigenvalue weighted by molar-refractivity contribution is 9.10. The van der Waals surface area contributed by atoms with Gasteiger partial charge in [0.15, 0.2) is 5.82 Å². The van der Waals surface area contributed by atoms with E-state index in [1.807, 2.05) is 38.1 Å². The first-order valence-corrected chi connectivity index (χ1v) is 8.32. The van der Waals surface area contributed by atoms with Crippen molar-refractivity contribution in [3.8, 4) is 11.4 Å². The number of thioether (sulfide) groups is 1. The third-order valence-corrected chi connectivity index (χ3v) is 4.99. The number of halogens is 1. The molecule has 6 nitrogen and oxygen atoms in total. The van der Waals surface area contributed by atoms with E-state index in [9.17, 15) is 4.79 Å². The molecular formula is C14H17BrN4O2S. The lowest BCUT2D eigenvalue weighted by molar-refractivity contribution is -0.140. The molecule has 0 aliphatic carbocycles. The number of aromatic nitrogens is 3. The Morgan fingerprint density at radius 3 is 2.73 bits per heavy atom. The van der Waals surface area contributed by atoms with Gasteiger partial charge in [0.1, 0.15) is 5.25 Å². The zero-order valence-electron chi connectivity index (χ0n) is 12.5. The molecule has 0 amide bonds. The number of nitrogen functional groups attached to an aromatic ring is 1. The third kappa shape index (κ3) is 3.61. The third-order valence-electron chi connectivity index (χ3n) is 3.02. The lowest BCUT2D eigenvalue weighted by atomic mass is 10.1. The van der Waals surface area contributed by atoms with E-state index in [0.29, 0.717) is 11.0 Å². The number of hydrogen-bond acceptors (Lipinski definition) is 6. The van der Waals surface area contributed by atoms with E-state index in [1.165, 1.54) is 23.5 Å². The summed E-state index contributed by atoms with van der Waals surface area (Å²) in [7, 11) is 1.37. The van der Waals surface area contributed by atoms with Gasteiger partial charge in [-0.25, -0.2) is 4.68 Å². The maximum absolute atomic E-state index is 11.8. The number of carbonyl (C=O) groups excluding carboxylic acids is 1. The predicted octanol–water partition coefficient (Wildman–Crippen LogP) is 2.71. The summed E-state index contributed by atoms with van der Waals surface area (Å²) in [6.45, 7) is 3.89.